The first-order valence-corrected chi connectivity index (χ1v) is 6.84. The molecule has 22 heavy (non-hydrogen) atoms. The van der Waals surface area contributed by atoms with Gasteiger partial charge in [-0.1, -0.05) is 12.1 Å². The van der Waals surface area contributed by atoms with Gasteiger partial charge in [0.1, 0.15) is 18.5 Å². The first-order chi connectivity index (χ1) is 10.5. The second kappa shape index (κ2) is 9.62. The Kier molecular flexibility index (Phi) is 7.77. The van der Waals surface area contributed by atoms with Gasteiger partial charge < -0.3 is 14.4 Å². The molecule has 0 N–H and O–H groups in total. The summed E-state index contributed by atoms with van der Waals surface area (Å²) < 4.78 is 17.7. The third-order valence-corrected chi connectivity index (χ3v) is 2.62. The minimum absolute atomic E-state index is 0.0312. The van der Waals surface area contributed by atoms with Crippen molar-refractivity contribution in [2.75, 3.05) is 13.2 Å². The van der Waals surface area contributed by atoms with Gasteiger partial charge in [0.2, 0.25) is 0 Å². The molecule has 0 saturated heterocycles. The number of benzene rings is 1. The van der Waals surface area contributed by atoms with Crippen molar-refractivity contribution in [3.05, 3.63) is 35.6 Å². The van der Waals surface area contributed by atoms with Crippen molar-refractivity contribution in [2.24, 2.45) is 0 Å². The lowest BCUT2D eigenvalue weighted by molar-refractivity contribution is -0.195. The van der Waals surface area contributed by atoms with Crippen molar-refractivity contribution in [1.82, 2.24) is 5.06 Å². The fraction of sp³-hybridized carbons (Fsp3) is 0.400. The molecule has 0 aliphatic heterocycles. The van der Waals surface area contributed by atoms with Gasteiger partial charge in [-0.15, -0.1) is 5.06 Å². The van der Waals surface area contributed by atoms with Crippen molar-refractivity contribution in [2.45, 2.75) is 26.3 Å². The Morgan fingerprint density at radius 2 is 1.91 bits per heavy atom. The number of carbonyl (C=O) groups excluding carboxylic acids is 3. The molecule has 6 nitrogen and oxygen atoms in total. The van der Waals surface area contributed by atoms with Gasteiger partial charge in [-0.25, -0.2) is 9.18 Å². The number of ether oxygens (including phenoxy) is 1. The van der Waals surface area contributed by atoms with Crippen LogP contribution >= 0.6 is 0 Å². The predicted molar refractivity (Wildman–Crippen MR) is 74.8 cm³/mol. The smallest absolute Gasteiger partial charge is 0.332 e. The van der Waals surface area contributed by atoms with E-state index in [2.05, 4.69) is 0 Å². The number of carbonyl (C=O) groups is 3. The van der Waals surface area contributed by atoms with Crippen LogP contribution in [0.4, 0.5) is 4.39 Å². The largest absolute Gasteiger partial charge is 0.466 e. The molecule has 0 bridgehead atoms. The van der Waals surface area contributed by atoms with Crippen molar-refractivity contribution in [1.29, 1.82) is 0 Å². The molecule has 0 aliphatic carbocycles. The fourth-order valence-corrected chi connectivity index (χ4v) is 1.65. The van der Waals surface area contributed by atoms with Crippen LogP contribution in [-0.2, 0) is 30.5 Å². The quantitative estimate of drug-likeness (QED) is 0.299. The van der Waals surface area contributed by atoms with E-state index < -0.39 is 11.9 Å². The van der Waals surface area contributed by atoms with E-state index in [9.17, 15) is 18.8 Å². The van der Waals surface area contributed by atoms with Crippen LogP contribution < -0.4 is 0 Å². The zero-order valence-corrected chi connectivity index (χ0v) is 12.3. The zero-order valence-electron chi connectivity index (χ0n) is 12.3. The summed E-state index contributed by atoms with van der Waals surface area (Å²) in [4.78, 5) is 38.1. The van der Waals surface area contributed by atoms with Gasteiger partial charge >= 0.3 is 11.9 Å². The Morgan fingerprint density at radius 1 is 1.23 bits per heavy atom. The average Bonchev–Trinajstić information content (AvgIpc) is 2.47. The molecule has 0 radical (unpaired) electrons. The summed E-state index contributed by atoms with van der Waals surface area (Å²) in [6.45, 7) is 2.24. The van der Waals surface area contributed by atoms with Gasteiger partial charge in [-0.3, -0.25) is 4.79 Å². The van der Waals surface area contributed by atoms with Gasteiger partial charge in [0.25, 0.3) is 0 Å². The second-order valence-electron chi connectivity index (χ2n) is 4.38. The molecule has 0 amide bonds. The molecular formula is C15H18FNO5. The molecule has 0 aromatic heterocycles. The molecule has 1 aromatic rings. The Morgan fingerprint density at radius 3 is 2.50 bits per heavy atom. The maximum atomic E-state index is 12.9. The van der Waals surface area contributed by atoms with Gasteiger partial charge in [0.15, 0.2) is 0 Å². The zero-order chi connectivity index (χ0) is 16.4. The lowest BCUT2D eigenvalue weighted by Crippen LogP contribution is -2.29. The molecule has 0 spiro atoms. The van der Waals surface area contributed by atoms with Gasteiger partial charge in [-0.2, -0.15) is 0 Å². The standard InChI is InChI=1S/C15H18FNO5/c1-2-21-14(19)7-9-17(22-15(20)8-10-18)11-12-3-5-13(16)6-4-12/h3-6,10H,2,7-9,11H2,1H3. The Labute approximate surface area is 127 Å². The molecule has 120 valence electrons. The van der Waals surface area contributed by atoms with Gasteiger partial charge in [0.05, 0.1) is 19.6 Å². The maximum Gasteiger partial charge on any atom is 0.332 e. The van der Waals surface area contributed by atoms with Gasteiger partial charge in [0, 0.05) is 6.54 Å². The molecule has 1 rings (SSSR count). The van der Waals surface area contributed by atoms with Crippen LogP contribution in [0.15, 0.2) is 24.3 Å². The van der Waals surface area contributed by atoms with Crippen LogP contribution in [0.2, 0.25) is 0 Å². The summed E-state index contributed by atoms with van der Waals surface area (Å²) >= 11 is 0. The molecule has 0 atom stereocenters. The summed E-state index contributed by atoms with van der Waals surface area (Å²) in [6, 6.07) is 5.65. The van der Waals surface area contributed by atoms with E-state index in [0.717, 1.165) is 0 Å². The van der Waals surface area contributed by atoms with E-state index in [1.54, 1.807) is 19.1 Å². The van der Waals surface area contributed by atoms with Crippen molar-refractivity contribution >= 4 is 18.2 Å². The summed E-state index contributed by atoms with van der Waals surface area (Å²) in [5.74, 6) is -1.52. The SMILES string of the molecule is CCOC(=O)CCN(Cc1ccc(F)cc1)OC(=O)CC=O. The number of aldehydes is 1. The van der Waals surface area contributed by atoms with Gasteiger partial charge in [-0.05, 0) is 24.6 Å². The first-order valence-electron chi connectivity index (χ1n) is 6.84. The molecule has 1 aromatic carbocycles. The topological polar surface area (TPSA) is 72.9 Å². The number of hydroxylamine groups is 2. The van der Waals surface area contributed by atoms with Crippen LogP contribution in [-0.4, -0.2) is 36.4 Å². The molecule has 0 unspecified atom stereocenters. The molecule has 0 fully saturated rings. The highest BCUT2D eigenvalue weighted by Crippen LogP contribution is 2.08. The number of hydrogen-bond acceptors (Lipinski definition) is 6. The highest BCUT2D eigenvalue weighted by Gasteiger charge is 2.14. The molecule has 0 heterocycles. The van der Waals surface area contributed by atoms with Crippen molar-refractivity contribution in [3.63, 3.8) is 0 Å². The molecule has 7 heteroatoms. The van der Waals surface area contributed by atoms with Crippen molar-refractivity contribution < 1.29 is 28.3 Å². The van der Waals surface area contributed by atoms with E-state index in [0.29, 0.717) is 11.8 Å². The Hall–Kier alpha value is -2.28. The normalized spacial score (nSPS) is 10.3. The Balaban J connectivity index is 2.63. The van der Waals surface area contributed by atoms with E-state index in [1.165, 1.54) is 17.2 Å². The highest BCUT2D eigenvalue weighted by molar-refractivity contribution is 5.83. The monoisotopic (exact) mass is 311 g/mol. The first kappa shape index (κ1) is 17.8. The maximum absolute atomic E-state index is 12.9. The number of halogens is 1. The summed E-state index contributed by atoms with van der Waals surface area (Å²) in [7, 11) is 0. The fourth-order valence-electron chi connectivity index (χ4n) is 1.65. The third-order valence-electron chi connectivity index (χ3n) is 2.62. The van der Waals surface area contributed by atoms with Crippen LogP contribution in [0.25, 0.3) is 0 Å². The van der Waals surface area contributed by atoms with E-state index in [-0.39, 0.29) is 38.4 Å². The van der Waals surface area contributed by atoms with E-state index in [4.69, 9.17) is 9.57 Å². The average molecular weight is 311 g/mol. The summed E-state index contributed by atoms with van der Waals surface area (Å²) in [6.07, 6.45) is 0.0898. The Bertz CT molecular complexity index is 503. The minimum atomic E-state index is -0.721. The lowest BCUT2D eigenvalue weighted by atomic mass is 10.2. The van der Waals surface area contributed by atoms with E-state index >= 15 is 0 Å². The number of rotatable bonds is 9. The van der Waals surface area contributed by atoms with Crippen molar-refractivity contribution in [3.8, 4) is 0 Å². The summed E-state index contributed by atoms with van der Waals surface area (Å²) in [5, 5.41) is 1.25. The predicted octanol–water partition coefficient (Wildman–Crippen LogP) is 1.63. The summed E-state index contributed by atoms with van der Waals surface area (Å²) in [5.41, 5.74) is 0.698. The van der Waals surface area contributed by atoms with Crippen LogP contribution in [0.5, 0.6) is 0 Å². The van der Waals surface area contributed by atoms with Crippen LogP contribution in [0.1, 0.15) is 25.3 Å². The third kappa shape index (κ3) is 6.94. The lowest BCUT2D eigenvalue weighted by Gasteiger charge is -2.20. The molecule has 0 saturated carbocycles. The number of hydrogen-bond donors (Lipinski definition) is 0. The van der Waals surface area contributed by atoms with Crippen LogP contribution in [0.3, 0.4) is 0 Å². The minimum Gasteiger partial charge on any atom is -0.466 e. The second-order valence-corrected chi connectivity index (χ2v) is 4.38. The van der Waals surface area contributed by atoms with E-state index in [1.807, 2.05) is 0 Å². The number of nitrogens with zero attached hydrogens (tertiary/aromatic N) is 1. The highest BCUT2D eigenvalue weighted by atomic mass is 19.1. The molecular weight excluding hydrogens is 293 g/mol. The van der Waals surface area contributed by atoms with Crippen LogP contribution in [0, 0.1) is 5.82 Å². The molecule has 0 aliphatic rings. The number of esters is 1.